The highest BCUT2D eigenvalue weighted by atomic mass is 16.1. The van der Waals surface area contributed by atoms with Crippen LogP contribution in [0.3, 0.4) is 0 Å². The summed E-state index contributed by atoms with van der Waals surface area (Å²) in [7, 11) is 0. The van der Waals surface area contributed by atoms with E-state index in [1.165, 1.54) is 4.68 Å². The molecule has 5 rings (SSSR count). The second-order valence-electron chi connectivity index (χ2n) is 7.72. The van der Waals surface area contributed by atoms with Gasteiger partial charge in [0, 0.05) is 22.9 Å². The highest BCUT2D eigenvalue weighted by Gasteiger charge is 2.11. The molecule has 32 heavy (non-hydrogen) atoms. The zero-order valence-corrected chi connectivity index (χ0v) is 17.4. The van der Waals surface area contributed by atoms with Crippen LogP contribution < -0.4 is 5.56 Å². The van der Waals surface area contributed by atoms with Crippen LogP contribution in [0.25, 0.3) is 32.8 Å². The first-order valence-electron chi connectivity index (χ1n) is 10.5. The van der Waals surface area contributed by atoms with Crippen LogP contribution in [0, 0.1) is 11.3 Å². The van der Waals surface area contributed by atoms with Crippen molar-refractivity contribution in [2.24, 2.45) is 0 Å². The average Bonchev–Trinajstić information content (AvgIpc) is 2.84. The van der Waals surface area contributed by atoms with Crippen molar-refractivity contribution < 1.29 is 0 Å². The predicted octanol–water partition coefficient (Wildman–Crippen LogP) is 4.92. The van der Waals surface area contributed by atoms with Gasteiger partial charge in [-0.2, -0.15) is 10.4 Å². The van der Waals surface area contributed by atoms with Gasteiger partial charge < -0.3 is 0 Å². The molecule has 0 N–H and O–H groups in total. The van der Waals surface area contributed by atoms with Crippen molar-refractivity contribution in [1.29, 1.82) is 5.26 Å². The van der Waals surface area contributed by atoms with E-state index in [2.05, 4.69) is 17.2 Å². The molecule has 0 bridgehead atoms. The number of pyridine rings is 1. The van der Waals surface area contributed by atoms with Crippen LogP contribution in [-0.2, 0) is 19.4 Å². The topological polar surface area (TPSA) is 71.6 Å². The van der Waals surface area contributed by atoms with Gasteiger partial charge in [0.15, 0.2) is 0 Å². The number of fused-ring (bicyclic) bond motifs is 2. The number of aryl methyl sites for hydroxylation is 2. The van der Waals surface area contributed by atoms with Crippen molar-refractivity contribution in [3.63, 3.8) is 0 Å². The molecule has 0 fully saturated rings. The summed E-state index contributed by atoms with van der Waals surface area (Å²) in [5, 5.41) is 15.9. The Hall–Kier alpha value is -4.30. The van der Waals surface area contributed by atoms with E-state index in [9.17, 15) is 4.79 Å². The van der Waals surface area contributed by atoms with Gasteiger partial charge in [0.2, 0.25) is 0 Å². The van der Waals surface area contributed by atoms with E-state index in [0.29, 0.717) is 24.8 Å². The Morgan fingerprint density at radius 3 is 2.53 bits per heavy atom. The third-order valence-electron chi connectivity index (χ3n) is 5.67. The predicted molar refractivity (Wildman–Crippen MR) is 126 cm³/mol. The fourth-order valence-corrected chi connectivity index (χ4v) is 3.99. The van der Waals surface area contributed by atoms with E-state index in [-0.39, 0.29) is 5.56 Å². The lowest BCUT2D eigenvalue weighted by molar-refractivity contribution is 0.580. The quantitative estimate of drug-likeness (QED) is 0.408. The Bertz CT molecular complexity index is 1530. The molecule has 0 amide bonds. The van der Waals surface area contributed by atoms with Crippen LogP contribution in [0.4, 0.5) is 0 Å². The molecule has 0 aliphatic rings. The summed E-state index contributed by atoms with van der Waals surface area (Å²) >= 11 is 0. The largest absolute Gasteiger partial charge is 0.275 e. The molecule has 5 nitrogen and oxygen atoms in total. The first-order valence-corrected chi connectivity index (χ1v) is 10.5. The van der Waals surface area contributed by atoms with Gasteiger partial charge >= 0.3 is 0 Å². The average molecular weight is 416 g/mol. The molecule has 5 aromatic rings. The third kappa shape index (κ3) is 3.75. The minimum absolute atomic E-state index is 0.111. The maximum Gasteiger partial charge on any atom is 0.275 e. The highest BCUT2D eigenvalue weighted by Crippen LogP contribution is 2.26. The lowest BCUT2D eigenvalue weighted by Gasteiger charge is -2.10. The highest BCUT2D eigenvalue weighted by molar-refractivity contribution is 5.95. The van der Waals surface area contributed by atoms with Gasteiger partial charge in [0.25, 0.3) is 5.56 Å². The number of nitrogens with zero attached hydrogens (tertiary/aromatic N) is 4. The zero-order valence-electron chi connectivity index (χ0n) is 17.4. The Labute approximate surface area is 185 Å². The SMILES string of the molecule is N#CCc1ccc(-c2cccc3cnn(CCc4ccc5ccccc5n4)c(=O)c23)cc1. The number of aromatic nitrogens is 3. The number of benzene rings is 3. The molecule has 3 aromatic carbocycles. The molecule has 0 saturated heterocycles. The molecule has 5 heteroatoms. The molecule has 0 aliphatic carbocycles. The maximum atomic E-state index is 13.4. The summed E-state index contributed by atoms with van der Waals surface area (Å²) in [4.78, 5) is 18.1. The summed E-state index contributed by atoms with van der Waals surface area (Å²) in [6, 6.07) is 27.8. The molecular formula is C27H20N4O. The van der Waals surface area contributed by atoms with Crippen molar-refractivity contribution >= 4 is 21.7 Å². The van der Waals surface area contributed by atoms with Crippen LogP contribution in [0.5, 0.6) is 0 Å². The minimum atomic E-state index is -0.111. The molecule has 0 unspecified atom stereocenters. The standard InChI is InChI=1S/C27H20N4O/c28-16-14-19-8-10-20(11-9-19)24-6-3-5-22-18-29-31(27(32)26(22)24)17-15-23-13-12-21-4-1-2-7-25(21)30-23/h1-13,18H,14-15,17H2. The van der Waals surface area contributed by atoms with Crippen LogP contribution in [0.2, 0.25) is 0 Å². The number of rotatable bonds is 5. The van der Waals surface area contributed by atoms with E-state index in [1.54, 1.807) is 6.20 Å². The maximum absolute atomic E-state index is 13.4. The van der Waals surface area contributed by atoms with Crippen molar-refractivity contribution in [3.8, 4) is 17.2 Å². The molecule has 0 radical (unpaired) electrons. The number of nitriles is 1. The van der Waals surface area contributed by atoms with Crippen molar-refractivity contribution in [2.75, 3.05) is 0 Å². The second-order valence-corrected chi connectivity index (χ2v) is 7.72. The van der Waals surface area contributed by atoms with Crippen LogP contribution in [-0.4, -0.2) is 14.8 Å². The fraction of sp³-hybridized carbons (Fsp3) is 0.111. The second kappa shape index (κ2) is 8.44. The van der Waals surface area contributed by atoms with Gasteiger partial charge in [-0.25, -0.2) is 4.68 Å². The first kappa shape index (κ1) is 19.7. The Morgan fingerprint density at radius 1 is 0.875 bits per heavy atom. The van der Waals surface area contributed by atoms with Gasteiger partial charge in [0.1, 0.15) is 0 Å². The summed E-state index contributed by atoms with van der Waals surface area (Å²) in [6.07, 6.45) is 2.74. The fourth-order valence-electron chi connectivity index (χ4n) is 3.99. The normalized spacial score (nSPS) is 11.0. The summed E-state index contributed by atoms with van der Waals surface area (Å²) in [5.74, 6) is 0. The lowest BCUT2D eigenvalue weighted by atomic mass is 9.98. The summed E-state index contributed by atoms with van der Waals surface area (Å²) in [6.45, 7) is 0.454. The molecule has 2 heterocycles. The number of para-hydroxylation sites is 1. The Balaban J connectivity index is 1.49. The van der Waals surface area contributed by atoms with Gasteiger partial charge in [-0.15, -0.1) is 0 Å². The number of hydrogen-bond donors (Lipinski definition) is 0. The Morgan fingerprint density at radius 2 is 1.69 bits per heavy atom. The van der Waals surface area contributed by atoms with Gasteiger partial charge in [-0.1, -0.05) is 66.7 Å². The molecule has 0 spiro atoms. The molecule has 0 aliphatic heterocycles. The summed E-state index contributed by atoms with van der Waals surface area (Å²) in [5.41, 5.74) is 4.54. The first-order chi connectivity index (χ1) is 15.7. The van der Waals surface area contributed by atoms with Crippen LogP contribution >= 0.6 is 0 Å². The van der Waals surface area contributed by atoms with Gasteiger partial charge in [-0.05, 0) is 28.8 Å². The van der Waals surface area contributed by atoms with Crippen LogP contribution in [0.15, 0.2) is 89.9 Å². The lowest BCUT2D eigenvalue weighted by Crippen LogP contribution is -2.24. The minimum Gasteiger partial charge on any atom is -0.267 e. The molecular weight excluding hydrogens is 396 g/mol. The van der Waals surface area contributed by atoms with E-state index in [4.69, 9.17) is 10.2 Å². The van der Waals surface area contributed by atoms with E-state index in [0.717, 1.165) is 38.7 Å². The van der Waals surface area contributed by atoms with E-state index in [1.807, 2.05) is 72.8 Å². The van der Waals surface area contributed by atoms with Crippen molar-refractivity contribution in [1.82, 2.24) is 14.8 Å². The monoisotopic (exact) mass is 416 g/mol. The van der Waals surface area contributed by atoms with Crippen molar-refractivity contribution in [2.45, 2.75) is 19.4 Å². The van der Waals surface area contributed by atoms with Crippen molar-refractivity contribution in [3.05, 3.63) is 107 Å². The van der Waals surface area contributed by atoms with Gasteiger partial charge in [0.05, 0.1) is 36.1 Å². The zero-order chi connectivity index (χ0) is 21.9. The summed E-state index contributed by atoms with van der Waals surface area (Å²) < 4.78 is 1.52. The Kier molecular flexibility index (Phi) is 5.19. The van der Waals surface area contributed by atoms with Crippen LogP contribution in [0.1, 0.15) is 11.3 Å². The smallest absolute Gasteiger partial charge is 0.267 e. The molecule has 0 saturated carbocycles. The molecule has 0 atom stereocenters. The number of hydrogen-bond acceptors (Lipinski definition) is 4. The third-order valence-corrected chi connectivity index (χ3v) is 5.67. The van der Waals surface area contributed by atoms with Gasteiger partial charge in [-0.3, -0.25) is 9.78 Å². The molecule has 2 aromatic heterocycles. The van der Waals surface area contributed by atoms with E-state index >= 15 is 0 Å². The molecule has 154 valence electrons. The van der Waals surface area contributed by atoms with E-state index < -0.39 is 0 Å².